The lowest BCUT2D eigenvalue weighted by Gasteiger charge is -2.44. The first-order chi connectivity index (χ1) is 15.1. The standard InChI is InChI=1S/C24H18ClN3O3/c1-30-16-9-6-14(7-10-16)20-13-21-17-12-15(25)8-11-22(17)31-24(28(21)27-20)18-4-2-3-5-19(18)26-23(24)29/h2-12,21H,13H2,1H3,(H,26,29). The van der Waals surface area contributed by atoms with Crippen LogP contribution in [0.4, 0.5) is 5.69 Å². The number of nitrogens with zero attached hydrogens (tertiary/aromatic N) is 2. The van der Waals surface area contributed by atoms with E-state index in [-0.39, 0.29) is 11.9 Å². The molecule has 1 spiro atoms. The Morgan fingerprint density at radius 2 is 1.97 bits per heavy atom. The molecule has 7 heteroatoms. The highest BCUT2D eigenvalue weighted by Crippen LogP contribution is 2.54. The van der Waals surface area contributed by atoms with Crippen molar-refractivity contribution >= 4 is 28.9 Å². The van der Waals surface area contributed by atoms with Crippen LogP contribution in [0, 0.1) is 0 Å². The van der Waals surface area contributed by atoms with Gasteiger partial charge in [0.05, 0.1) is 30.1 Å². The first kappa shape index (κ1) is 18.3. The van der Waals surface area contributed by atoms with E-state index in [1.165, 1.54) is 0 Å². The van der Waals surface area contributed by atoms with Gasteiger partial charge in [0.1, 0.15) is 11.5 Å². The molecule has 3 aliphatic heterocycles. The van der Waals surface area contributed by atoms with Crippen molar-refractivity contribution < 1.29 is 14.3 Å². The van der Waals surface area contributed by atoms with Crippen molar-refractivity contribution in [3.05, 3.63) is 88.4 Å². The third-order valence-corrected chi connectivity index (χ3v) is 6.33. The van der Waals surface area contributed by atoms with Crippen LogP contribution in [0.15, 0.2) is 71.8 Å². The van der Waals surface area contributed by atoms with Crippen LogP contribution < -0.4 is 14.8 Å². The molecule has 0 fully saturated rings. The van der Waals surface area contributed by atoms with E-state index in [4.69, 9.17) is 26.2 Å². The number of rotatable bonds is 2. The van der Waals surface area contributed by atoms with Gasteiger partial charge >= 0.3 is 5.72 Å². The van der Waals surface area contributed by atoms with Crippen molar-refractivity contribution in [2.24, 2.45) is 5.10 Å². The minimum absolute atomic E-state index is 0.184. The topological polar surface area (TPSA) is 63.2 Å². The smallest absolute Gasteiger partial charge is 0.306 e. The molecule has 0 saturated carbocycles. The van der Waals surface area contributed by atoms with Gasteiger partial charge in [-0.2, -0.15) is 5.10 Å². The summed E-state index contributed by atoms with van der Waals surface area (Å²) in [4.78, 5) is 13.4. The lowest BCUT2D eigenvalue weighted by Crippen LogP contribution is -2.55. The van der Waals surface area contributed by atoms with Crippen LogP contribution in [0.25, 0.3) is 0 Å². The van der Waals surface area contributed by atoms with Crippen LogP contribution in [0.1, 0.15) is 29.2 Å². The molecule has 0 bridgehead atoms. The molecule has 3 aliphatic rings. The first-order valence-electron chi connectivity index (χ1n) is 10.0. The monoisotopic (exact) mass is 431 g/mol. The summed E-state index contributed by atoms with van der Waals surface area (Å²) in [7, 11) is 1.64. The van der Waals surface area contributed by atoms with Gasteiger partial charge in [0, 0.05) is 17.0 Å². The normalized spacial score (nSPS) is 22.9. The highest BCUT2D eigenvalue weighted by molar-refractivity contribution is 6.30. The van der Waals surface area contributed by atoms with E-state index in [2.05, 4.69) is 5.32 Å². The minimum atomic E-state index is -1.36. The second-order valence-corrected chi connectivity index (χ2v) is 8.20. The van der Waals surface area contributed by atoms with E-state index in [0.29, 0.717) is 17.2 Å². The van der Waals surface area contributed by atoms with Gasteiger partial charge in [-0.25, -0.2) is 5.01 Å². The van der Waals surface area contributed by atoms with E-state index in [0.717, 1.165) is 33.8 Å². The van der Waals surface area contributed by atoms with Crippen molar-refractivity contribution in [2.75, 3.05) is 12.4 Å². The number of hydrazone groups is 1. The molecule has 0 aromatic heterocycles. The molecule has 0 radical (unpaired) electrons. The van der Waals surface area contributed by atoms with E-state index >= 15 is 0 Å². The molecule has 2 unspecified atom stereocenters. The molecule has 0 saturated heterocycles. The number of methoxy groups -OCH3 is 1. The number of carbonyl (C=O) groups excluding carboxylic acids is 1. The van der Waals surface area contributed by atoms with Gasteiger partial charge in [0.2, 0.25) is 0 Å². The predicted octanol–water partition coefficient (Wildman–Crippen LogP) is 4.70. The molecule has 31 heavy (non-hydrogen) atoms. The number of hydrogen-bond donors (Lipinski definition) is 1. The number of carbonyl (C=O) groups is 1. The van der Waals surface area contributed by atoms with E-state index in [1.807, 2.05) is 60.7 Å². The summed E-state index contributed by atoms with van der Waals surface area (Å²) in [5, 5.41) is 10.3. The maximum Gasteiger partial charge on any atom is 0.306 e. The highest BCUT2D eigenvalue weighted by Gasteiger charge is 2.60. The summed E-state index contributed by atoms with van der Waals surface area (Å²) in [6.07, 6.45) is 0.625. The zero-order valence-corrected chi connectivity index (χ0v) is 17.4. The summed E-state index contributed by atoms with van der Waals surface area (Å²) >= 11 is 6.31. The zero-order valence-electron chi connectivity index (χ0n) is 16.6. The summed E-state index contributed by atoms with van der Waals surface area (Å²) < 4.78 is 11.7. The van der Waals surface area contributed by atoms with E-state index < -0.39 is 5.72 Å². The molecule has 6 rings (SSSR count). The number of para-hydroxylation sites is 1. The summed E-state index contributed by atoms with van der Waals surface area (Å²) in [5.41, 5.74) is 2.89. The van der Waals surface area contributed by atoms with Crippen LogP contribution in [0.3, 0.4) is 0 Å². The summed E-state index contributed by atoms with van der Waals surface area (Å²) in [6.45, 7) is 0. The maximum atomic E-state index is 13.4. The Balaban J connectivity index is 1.54. The zero-order chi connectivity index (χ0) is 21.2. The van der Waals surface area contributed by atoms with Gasteiger partial charge in [0.15, 0.2) is 0 Å². The molecular weight excluding hydrogens is 414 g/mol. The molecular formula is C24H18ClN3O3. The summed E-state index contributed by atoms with van der Waals surface area (Å²) in [6, 6.07) is 20.7. The average molecular weight is 432 g/mol. The molecule has 6 nitrogen and oxygen atoms in total. The lowest BCUT2D eigenvalue weighted by molar-refractivity contribution is -0.161. The molecule has 2 atom stereocenters. The number of fused-ring (bicyclic) bond motifs is 6. The van der Waals surface area contributed by atoms with Crippen LogP contribution in [-0.2, 0) is 10.5 Å². The molecule has 1 amide bonds. The quantitative estimate of drug-likeness (QED) is 0.639. The average Bonchev–Trinajstić information content (AvgIpc) is 3.36. The van der Waals surface area contributed by atoms with Gasteiger partial charge in [-0.05, 0) is 54.1 Å². The Kier molecular flexibility index (Phi) is 3.83. The highest BCUT2D eigenvalue weighted by atomic mass is 35.5. The maximum absolute atomic E-state index is 13.4. The van der Waals surface area contributed by atoms with Crippen LogP contribution in [0.5, 0.6) is 11.5 Å². The number of ether oxygens (including phenoxy) is 2. The van der Waals surface area contributed by atoms with Crippen LogP contribution >= 0.6 is 11.6 Å². The fourth-order valence-electron chi connectivity index (χ4n) is 4.63. The number of benzene rings is 3. The lowest BCUT2D eigenvalue weighted by atomic mass is 9.92. The SMILES string of the molecule is COc1ccc(C2=NN3C(C2)c2cc(Cl)ccc2OC32C(=O)Nc3ccccc32)cc1. The van der Waals surface area contributed by atoms with Gasteiger partial charge in [-0.1, -0.05) is 29.8 Å². The van der Waals surface area contributed by atoms with E-state index in [1.54, 1.807) is 18.2 Å². The summed E-state index contributed by atoms with van der Waals surface area (Å²) in [5.74, 6) is 1.17. The first-order valence-corrected chi connectivity index (χ1v) is 10.4. The van der Waals surface area contributed by atoms with Gasteiger partial charge < -0.3 is 14.8 Å². The largest absolute Gasteiger partial charge is 0.497 e. The molecule has 3 aromatic carbocycles. The molecule has 1 N–H and O–H groups in total. The Labute approximate surface area is 184 Å². The van der Waals surface area contributed by atoms with Crippen molar-refractivity contribution in [3.8, 4) is 11.5 Å². The third kappa shape index (κ3) is 2.51. The fraction of sp³-hybridized carbons (Fsp3) is 0.167. The predicted molar refractivity (Wildman–Crippen MR) is 118 cm³/mol. The molecule has 3 aromatic rings. The number of hydrogen-bond acceptors (Lipinski definition) is 5. The van der Waals surface area contributed by atoms with Crippen molar-refractivity contribution in [2.45, 2.75) is 18.2 Å². The fourth-order valence-corrected chi connectivity index (χ4v) is 4.81. The second kappa shape index (κ2) is 6.49. The number of halogens is 1. The van der Waals surface area contributed by atoms with Crippen molar-refractivity contribution in [3.63, 3.8) is 0 Å². The van der Waals surface area contributed by atoms with E-state index in [9.17, 15) is 4.79 Å². The number of nitrogens with one attached hydrogen (secondary N) is 1. The van der Waals surface area contributed by atoms with Crippen molar-refractivity contribution in [1.29, 1.82) is 0 Å². The Bertz CT molecular complexity index is 1260. The molecule has 0 aliphatic carbocycles. The van der Waals surface area contributed by atoms with Gasteiger partial charge in [-0.3, -0.25) is 4.79 Å². The Morgan fingerprint density at radius 1 is 1.16 bits per heavy atom. The Hall–Kier alpha value is -3.51. The molecule has 3 heterocycles. The van der Waals surface area contributed by atoms with Crippen LogP contribution in [-0.4, -0.2) is 23.7 Å². The number of anilines is 1. The number of amides is 1. The van der Waals surface area contributed by atoms with Gasteiger partial charge in [-0.15, -0.1) is 0 Å². The third-order valence-electron chi connectivity index (χ3n) is 6.09. The second-order valence-electron chi connectivity index (χ2n) is 7.77. The minimum Gasteiger partial charge on any atom is -0.497 e. The van der Waals surface area contributed by atoms with Gasteiger partial charge in [0.25, 0.3) is 5.91 Å². The van der Waals surface area contributed by atoms with Crippen LogP contribution in [0.2, 0.25) is 5.02 Å². The molecule has 154 valence electrons. The Morgan fingerprint density at radius 3 is 2.77 bits per heavy atom. The van der Waals surface area contributed by atoms with Crippen molar-refractivity contribution in [1.82, 2.24) is 5.01 Å².